The third-order valence-electron chi connectivity index (χ3n) is 3.34. The molecular formula is C13H22N2OS. The Balaban J connectivity index is 1.84. The van der Waals surface area contributed by atoms with Crippen LogP contribution in [0.2, 0.25) is 0 Å². The Morgan fingerprint density at radius 2 is 2.24 bits per heavy atom. The molecule has 0 aliphatic heterocycles. The molecule has 0 radical (unpaired) electrons. The molecule has 3 nitrogen and oxygen atoms in total. The smallest absolute Gasteiger partial charge is 0.0954 e. The molecule has 0 spiro atoms. The van der Waals surface area contributed by atoms with Crippen molar-refractivity contribution in [1.29, 1.82) is 0 Å². The fraction of sp³-hybridized carbons (Fsp3) is 0.769. The zero-order chi connectivity index (χ0) is 12.3. The number of hydrogen-bond donors (Lipinski definition) is 2. The van der Waals surface area contributed by atoms with E-state index in [2.05, 4.69) is 29.5 Å². The Hall–Kier alpha value is -0.450. The van der Waals surface area contributed by atoms with Gasteiger partial charge in [0.1, 0.15) is 0 Å². The first kappa shape index (κ1) is 13.0. The minimum absolute atomic E-state index is 0.174. The normalized spacial score (nSPS) is 25.4. The van der Waals surface area contributed by atoms with E-state index in [1.54, 1.807) is 11.3 Å². The number of aliphatic hydroxyl groups excluding tert-OH is 1. The van der Waals surface area contributed by atoms with Crippen molar-refractivity contribution in [3.8, 4) is 0 Å². The fourth-order valence-corrected chi connectivity index (χ4v) is 3.09. The van der Waals surface area contributed by atoms with Crippen LogP contribution in [0.5, 0.6) is 0 Å². The summed E-state index contributed by atoms with van der Waals surface area (Å²) < 4.78 is 0. The van der Waals surface area contributed by atoms with Crippen LogP contribution in [0, 0.1) is 0 Å². The quantitative estimate of drug-likeness (QED) is 0.868. The van der Waals surface area contributed by atoms with E-state index in [1.165, 1.54) is 11.4 Å². The summed E-state index contributed by atoms with van der Waals surface area (Å²) in [5.41, 5.74) is 1.11. The SMILES string of the molecule is CC(C)c1nc(CNC2CCCCC2O)cs1. The number of aromatic nitrogens is 1. The summed E-state index contributed by atoms with van der Waals surface area (Å²) in [7, 11) is 0. The van der Waals surface area contributed by atoms with Gasteiger partial charge in [-0.1, -0.05) is 26.7 Å². The van der Waals surface area contributed by atoms with Gasteiger partial charge in [0.15, 0.2) is 0 Å². The Labute approximate surface area is 107 Å². The maximum Gasteiger partial charge on any atom is 0.0954 e. The van der Waals surface area contributed by atoms with Crippen LogP contribution in [-0.4, -0.2) is 22.2 Å². The molecule has 2 unspecified atom stereocenters. The third kappa shape index (κ3) is 3.50. The van der Waals surface area contributed by atoms with Crippen LogP contribution >= 0.6 is 11.3 Å². The van der Waals surface area contributed by atoms with E-state index in [1.807, 2.05) is 0 Å². The Bertz CT molecular complexity index is 351. The van der Waals surface area contributed by atoms with Crippen molar-refractivity contribution in [2.45, 2.75) is 64.1 Å². The van der Waals surface area contributed by atoms with Gasteiger partial charge in [0.2, 0.25) is 0 Å². The molecule has 1 saturated carbocycles. The van der Waals surface area contributed by atoms with Crippen LogP contribution in [-0.2, 0) is 6.54 Å². The maximum absolute atomic E-state index is 9.86. The van der Waals surface area contributed by atoms with Crippen LogP contribution in [0.25, 0.3) is 0 Å². The molecule has 2 N–H and O–H groups in total. The lowest BCUT2D eigenvalue weighted by Crippen LogP contribution is -2.41. The summed E-state index contributed by atoms with van der Waals surface area (Å²) in [5, 5.41) is 16.6. The predicted octanol–water partition coefficient (Wildman–Crippen LogP) is 2.66. The lowest BCUT2D eigenvalue weighted by Gasteiger charge is -2.28. The minimum Gasteiger partial charge on any atom is -0.392 e. The minimum atomic E-state index is -0.174. The molecule has 0 aromatic carbocycles. The summed E-state index contributed by atoms with van der Waals surface area (Å²) in [6.45, 7) is 5.12. The molecule has 0 bridgehead atoms. The molecule has 0 amide bonds. The van der Waals surface area contributed by atoms with Crippen molar-refractivity contribution in [3.05, 3.63) is 16.1 Å². The van der Waals surface area contributed by atoms with Crippen molar-refractivity contribution in [2.24, 2.45) is 0 Å². The highest BCUT2D eigenvalue weighted by Gasteiger charge is 2.22. The maximum atomic E-state index is 9.86. The number of nitrogens with one attached hydrogen (secondary N) is 1. The fourth-order valence-electron chi connectivity index (χ4n) is 2.25. The van der Waals surface area contributed by atoms with Crippen molar-refractivity contribution in [1.82, 2.24) is 10.3 Å². The van der Waals surface area contributed by atoms with E-state index in [-0.39, 0.29) is 12.1 Å². The molecule has 96 valence electrons. The highest BCUT2D eigenvalue weighted by molar-refractivity contribution is 7.09. The third-order valence-corrected chi connectivity index (χ3v) is 4.53. The van der Waals surface area contributed by atoms with E-state index in [0.29, 0.717) is 5.92 Å². The van der Waals surface area contributed by atoms with Gasteiger partial charge in [0.05, 0.1) is 16.8 Å². The lowest BCUT2D eigenvalue weighted by atomic mass is 9.92. The van der Waals surface area contributed by atoms with E-state index >= 15 is 0 Å². The number of aliphatic hydroxyl groups is 1. The highest BCUT2D eigenvalue weighted by Crippen LogP contribution is 2.21. The van der Waals surface area contributed by atoms with Gasteiger partial charge < -0.3 is 10.4 Å². The molecule has 1 heterocycles. The second-order valence-corrected chi connectivity index (χ2v) is 6.06. The molecule has 1 aliphatic rings. The van der Waals surface area contributed by atoms with Gasteiger partial charge in [-0.15, -0.1) is 11.3 Å². The van der Waals surface area contributed by atoms with Gasteiger partial charge in [-0.2, -0.15) is 0 Å². The molecule has 1 aromatic rings. The topological polar surface area (TPSA) is 45.2 Å². The molecule has 0 saturated heterocycles. The Morgan fingerprint density at radius 3 is 2.88 bits per heavy atom. The number of rotatable bonds is 4. The summed E-state index contributed by atoms with van der Waals surface area (Å²) in [5.74, 6) is 0.508. The van der Waals surface area contributed by atoms with E-state index in [9.17, 15) is 5.11 Å². The van der Waals surface area contributed by atoms with Gasteiger partial charge >= 0.3 is 0 Å². The first-order valence-corrected chi connectivity index (χ1v) is 7.40. The molecular weight excluding hydrogens is 232 g/mol. The van der Waals surface area contributed by atoms with Gasteiger partial charge in [-0.25, -0.2) is 4.98 Å². The van der Waals surface area contributed by atoms with Gasteiger partial charge in [0, 0.05) is 23.9 Å². The Kier molecular flexibility index (Phi) is 4.54. The van der Waals surface area contributed by atoms with Crippen LogP contribution in [0.1, 0.15) is 56.2 Å². The van der Waals surface area contributed by atoms with Gasteiger partial charge in [-0.05, 0) is 12.8 Å². The molecule has 4 heteroatoms. The second kappa shape index (κ2) is 5.94. The zero-order valence-electron chi connectivity index (χ0n) is 10.6. The monoisotopic (exact) mass is 254 g/mol. The summed E-state index contributed by atoms with van der Waals surface area (Å²) in [6, 6.07) is 0.257. The summed E-state index contributed by atoms with van der Waals surface area (Å²) in [4.78, 5) is 4.59. The number of hydrogen-bond acceptors (Lipinski definition) is 4. The average molecular weight is 254 g/mol. The number of thiazole rings is 1. The van der Waals surface area contributed by atoms with Crippen molar-refractivity contribution >= 4 is 11.3 Å². The largest absolute Gasteiger partial charge is 0.392 e. The standard InChI is InChI=1S/C13H22N2OS/c1-9(2)13-15-10(8-17-13)7-14-11-5-3-4-6-12(11)16/h8-9,11-12,14,16H,3-7H2,1-2H3. The van der Waals surface area contributed by atoms with Gasteiger partial charge in [-0.3, -0.25) is 0 Å². The Morgan fingerprint density at radius 1 is 1.47 bits per heavy atom. The van der Waals surface area contributed by atoms with Crippen LogP contribution < -0.4 is 5.32 Å². The first-order chi connectivity index (χ1) is 8.16. The van der Waals surface area contributed by atoms with E-state index in [0.717, 1.165) is 31.5 Å². The molecule has 2 atom stereocenters. The van der Waals surface area contributed by atoms with Crippen molar-refractivity contribution in [3.63, 3.8) is 0 Å². The zero-order valence-corrected chi connectivity index (χ0v) is 11.5. The van der Waals surface area contributed by atoms with Crippen molar-refractivity contribution in [2.75, 3.05) is 0 Å². The van der Waals surface area contributed by atoms with E-state index < -0.39 is 0 Å². The first-order valence-electron chi connectivity index (χ1n) is 6.52. The molecule has 1 aromatic heterocycles. The molecule has 1 aliphatic carbocycles. The van der Waals surface area contributed by atoms with Crippen LogP contribution in [0.15, 0.2) is 5.38 Å². The molecule has 2 rings (SSSR count). The predicted molar refractivity (Wildman–Crippen MR) is 71.3 cm³/mol. The highest BCUT2D eigenvalue weighted by atomic mass is 32.1. The van der Waals surface area contributed by atoms with Crippen LogP contribution in [0.4, 0.5) is 0 Å². The molecule has 17 heavy (non-hydrogen) atoms. The average Bonchev–Trinajstić information content (AvgIpc) is 2.77. The summed E-state index contributed by atoms with van der Waals surface area (Å²) in [6.07, 6.45) is 4.23. The van der Waals surface area contributed by atoms with Gasteiger partial charge in [0.25, 0.3) is 0 Å². The number of nitrogens with zero attached hydrogens (tertiary/aromatic N) is 1. The van der Waals surface area contributed by atoms with E-state index in [4.69, 9.17) is 0 Å². The van der Waals surface area contributed by atoms with Crippen LogP contribution in [0.3, 0.4) is 0 Å². The van der Waals surface area contributed by atoms with Crippen molar-refractivity contribution < 1.29 is 5.11 Å². The summed E-state index contributed by atoms with van der Waals surface area (Å²) >= 11 is 1.73. The molecule has 1 fully saturated rings. The second-order valence-electron chi connectivity index (χ2n) is 5.17. The lowest BCUT2D eigenvalue weighted by molar-refractivity contribution is 0.0901.